The lowest BCUT2D eigenvalue weighted by molar-refractivity contribution is 0.101. The zero-order valence-corrected chi connectivity index (χ0v) is 17.1. The van der Waals surface area contributed by atoms with E-state index in [1.54, 1.807) is 36.4 Å². The van der Waals surface area contributed by atoms with Gasteiger partial charge in [-0.25, -0.2) is 4.39 Å². The fraction of sp³-hybridized carbons (Fsp3) is 0.0357. The van der Waals surface area contributed by atoms with Gasteiger partial charge in [-0.05, 0) is 52.6 Å². The van der Waals surface area contributed by atoms with E-state index in [1.165, 1.54) is 12.1 Å². The number of carbonyl (C=O) groups excluding carboxylic acids is 1. The second-order valence-electron chi connectivity index (χ2n) is 7.50. The Morgan fingerprint density at radius 1 is 0.812 bits per heavy atom. The molecule has 1 aliphatic heterocycles. The van der Waals surface area contributed by atoms with Crippen LogP contribution < -0.4 is 9.47 Å². The highest BCUT2D eigenvalue weighted by Gasteiger charge is 2.27. The molecule has 0 unspecified atom stereocenters. The fourth-order valence-electron chi connectivity index (χ4n) is 3.56. The number of allylic oxidation sites excluding steroid dienone is 1. The smallest absolute Gasteiger partial charge is 0.231 e. The number of rotatable bonds is 5. The van der Waals surface area contributed by atoms with Crippen LogP contribution in [0.2, 0.25) is 0 Å². The second kappa shape index (κ2) is 8.52. The molecule has 0 bridgehead atoms. The van der Waals surface area contributed by atoms with Gasteiger partial charge in [0.25, 0.3) is 0 Å². The average molecular weight is 422 g/mol. The largest absolute Gasteiger partial charge is 0.489 e. The lowest BCUT2D eigenvalue weighted by Gasteiger charge is -2.07. The summed E-state index contributed by atoms with van der Waals surface area (Å²) in [5.41, 5.74) is 4.49. The minimum Gasteiger partial charge on any atom is -0.489 e. The highest BCUT2D eigenvalue weighted by molar-refractivity contribution is 6.14. The number of ether oxygens (including phenoxy) is 2. The van der Waals surface area contributed by atoms with Crippen molar-refractivity contribution in [1.82, 2.24) is 0 Å². The van der Waals surface area contributed by atoms with E-state index in [-0.39, 0.29) is 17.4 Å². The fourth-order valence-corrected chi connectivity index (χ4v) is 3.56. The van der Waals surface area contributed by atoms with E-state index in [1.807, 2.05) is 42.5 Å². The number of hydrogen-bond donors (Lipinski definition) is 0. The Kier molecular flexibility index (Phi) is 5.26. The second-order valence-corrected chi connectivity index (χ2v) is 7.50. The first-order chi connectivity index (χ1) is 15.7. The Bertz CT molecular complexity index is 1290. The van der Waals surface area contributed by atoms with Crippen LogP contribution in [0.25, 0.3) is 17.2 Å². The first-order valence-electron chi connectivity index (χ1n) is 10.3. The van der Waals surface area contributed by atoms with Crippen LogP contribution >= 0.6 is 0 Å². The van der Waals surface area contributed by atoms with Crippen LogP contribution in [0.1, 0.15) is 21.5 Å². The van der Waals surface area contributed by atoms with E-state index in [0.717, 1.165) is 22.3 Å². The number of carbonyl (C=O) groups is 1. The summed E-state index contributed by atoms with van der Waals surface area (Å²) in [6.45, 7) is 0.295. The molecule has 0 radical (unpaired) electrons. The summed E-state index contributed by atoms with van der Waals surface area (Å²) in [5, 5.41) is 0. The minimum atomic E-state index is -0.285. The maximum absolute atomic E-state index is 13.0. The molecular formula is C28H19FO3. The summed E-state index contributed by atoms with van der Waals surface area (Å²) >= 11 is 0. The van der Waals surface area contributed by atoms with Crippen LogP contribution in [0.15, 0.2) is 103 Å². The van der Waals surface area contributed by atoms with Crippen molar-refractivity contribution in [2.24, 2.45) is 0 Å². The summed E-state index contributed by atoms with van der Waals surface area (Å²) in [6, 6.07) is 29.4. The molecule has 5 rings (SSSR count). The van der Waals surface area contributed by atoms with E-state index >= 15 is 0 Å². The maximum atomic E-state index is 13.0. The molecule has 0 aliphatic carbocycles. The summed E-state index contributed by atoms with van der Waals surface area (Å²) in [7, 11) is 0. The molecule has 0 saturated heterocycles. The van der Waals surface area contributed by atoms with Crippen LogP contribution in [-0.2, 0) is 6.61 Å². The van der Waals surface area contributed by atoms with E-state index < -0.39 is 0 Å². The molecule has 1 heterocycles. The molecule has 4 aromatic rings. The zero-order chi connectivity index (χ0) is 21.9. The average Bonchev–Trinajstić information content (AvgIpc) is 3.14. The molecule has 0 spiro atoms. The Morgan fingerprint density at radius 3 is 2.28 bits per heavy atom. The molecule has 4 aromatic carbocycles. The molecule has 0 amide bonds. The van der Waals surface area contributed by atoms with Gasteiger partial charge in [-0.1, -0.05) is 66.7 Å². The van der Waals surface area contributed by atoms with Crippen LogP contribution in [-0.4, -0.2) is 5.78 Å². The Labute approximate surface area is 185 Å². The van der Waals surface area contributed by atoms with Gasteiger partial charge in [-0.3, -0.25) is 4.79 Å². The molecule has 3 nitrogen and oxygen atoms in total. The van der Waals surface area contributed by atoms with Crippen molar-refractivity contribution in [1.29, 1.82) is 0 Å². The molecule has 156 valence electrons. The normalized spacial score (nSPS) is 13.7. The number of halogens is 1. The van der Waals surface area contributed by atoms with Crippen LogP contribution in [0.4, 0.5) is 4.39 Å². The van der Waals surface area contributed by atoms with Crippen LogP contribution in [0, 0.1) is 5.82 Å². The van der Waals surface area contributed by atoms with E-state index in [4.69, 9.17) is 9.47 Å². The van der Waals surface area contributed by atoms with Gasteiger partial charge in [-0.2, -0.15) is 0 Å². The van der Waals surface area contributed by atoms with Gasteiger partial charge in [0, 0.05) is 6.07 Å². The minimum absolute atomic E-state index is 0.155. The lowest BCUT2D eigenvalue weighted by atomic mass is 10.0. The third-order valence-corrected chi connectivity index (χ3v) is 5.28. The topological polar surface area (TPSA) is 35.5 Å². The molecule has 4 heteroatoms. The summed E-state index contributed by atoms with van der Waals surface area (Å²) < 4.78 is 24.6. The Balaban J connectivity index is 1.30. The first kappa shape index (κ1) is 19.8. The van der Waals surface area contributed by atoms with Crippen molar-refractivity contribution in [3.05, 3.63) is 125 Å². The Hall–Kier alpha value is -4.18. The number of hydrogen-bond acceptors (Lipinski definition) is 3. The van der Waals surface area contributed by atoms with Gasteiger partial charge in [0.2, 0.25) is 5.78 Å². The summed E-state index contributed by atoms with van der Waals surface area (Å²) in [5.74, 6) is 0.890. The van der Waals surface area contributed by atoms with E-state index in [0.29, 0.717) is 23.7 Å². The summed E-state index contributed by atoms with van der Waals surface area (Å²) in [4.78, 5) is 12.7. The third kappa shape index (κ3) is 4.16. The monoisotopic (exact) mass is 422 g/mol. The van der Waals surface area contributed by atoms with Crippen LogP contribution in [0.3, 0.4) is 0 Å². The molecule has 1 aliphatic rings. The van der Waals surface area contributed by atoms with Gasteiger partial charge in [0.15, 0.2) is 5.76 Å². The van der Waals surface area contributed by atoms with Crippen molar-refractivity contribution in [3.8, 4) is 22.6 Å². The molecule has 0 aromatic heterocycles. The standard InChI is InChI=1S/C28H19FO3/c29-23-12-8-20(9-13-23)18-31-24-14-15-25-26(17-24)32-27(28(25)30)16-19-6-10-22(11-7-19)21-4-2-1-3-5-21/h1-17H,18H2/b27-16-. The molecular weight excluding hydrogens is 403 g/mol. The number of benzene rings is 4. The third-order valence-electron chi connectivity index (χ3n) is 5.28. The van der Waals surface area contributed by atoms with Gasteiger partial charge >= 0.3 is 0 Å². The van der Waals surface area contributed by atoms with Crippen molar-refractivity contribution >= 4 is 11.9 Å². The predicted molar refractivity (Wildman–Crippen MR) is 122 cm³/mol. The van der Waals surface area contributed by atoms with Gasteiger partial charge in [0.05, 0.1) is 5.56 Å². The molecule has 0 atom stereocenters. The maximum Gasteiger partial charge on any atom is 0.231 e. The van der Waals surface area contributed by atoms with Crippen molar-refractivity contribution in [3.63, 3.8) is 0 Å². The first-order valence-corrected chi connectivity index (χ1v) is 10.3. The van der Waals surface area contributed by atoms with Gasteiger partial charge < -0.3 is 9.47 Å². The number of ketones is 1. The number of fused-ring (bicyclic) bond motifs is 1. The van der Waals surface area contributed by atoms with E-state index in [9.17, 15) is 9.18 Å². The highest BCUT2D eigenvalue weighted by Crippen LogP contribution is 2.35. The summed E-state index contributed by atoms with van der Waals surface area (Å²) in [6.07, 6.45) is 1.75. The van der Waals surface area contributed by atoms with Gasteiger partial charge in [-0.15, -0.1) is 0 Å². The van der Waals surface area contributed by atoms with Crippen LogP contribution in [0.5, 0.6) is 11.5 Å². The van der Waals surface area contributed by atoms with E-state index in [2.05, 4.69) is 12.1 Å². The quantitative estimate of drug-likeness (QED) is 0.336. The SMILES string of the molecule is O=C1/C(=C/c2ccc(-c3ccccc3)cc2)Oc2cc(OCc3ccc(F)cc3)ccc21. The van der Waals surface area contributed by atoms with Crippen molar-refractivity contribution in [2.75, 3.05) is 0 Å². The van der Waals surface area contributed by atoms with Gasteiger partial charge in [0.1, 0.15) is 23.9 Å². The lowest BCUT2D eigenvalue weighted by Crippen LogP contribution is -1.98. The molecule has 32 heavy (non-hydrogen) atoms. The van der Waals surface area contributed by atoms with Crippen molar-refractivity contribution < 1.29 is 18.7 Å². The molecule has 0 fully saturated rings. The number of Topliss-reactive ketones (excluding diaryl/α,β-unsaturated/α-hetero) is 1. The van der Waals surface area contributed by atoms with Crippen molar-refractivity contribution in [2.45, 2.75) is 6.61 Å². The predicted octanol–water partition coefficient (Wildman–Crippen LogP) is 6.69. The Morgan fingerprint density at radius 2 is 1.53 bits per heavy atom. The molecule has 0 saturated carbocycles. The molecule has 0 N–H and O–H groups in total. The highest BCUT2D eigenvalue weighted by atomic mass is 19.1. The zero-order valence-electron chi connectivity index (χ0n) is 17.1.